The quantitative estimate of drug-likeness (QED) is 0.404. The molecule has 0 radical (unpaired) electrons. The molecule has 2 atom stereocenters. The van der Waals surface area contributed by atoms with Gasteiger partial charge in [-0.1, -0.05) is 30.3 Å². The van der Waals surface area contributed by atoms with Crippen molar-refractivity contribution in [3.05, 3.63) is 89.1 Å². The number of nitrogens with zero attached hydrogens (tertiary/aromatic N) is 1. The summed E-state index contributed by atoms with van der Waals surface area (Å²) in [5, 5.41) is 7.28. The molecule has 3 aromatic rings. The number of hydrogen-bond donors (Lipinski definition) is 2. The van der Waals surface area contributed by atoms with Crippen LogP contribution in [0.2, 0.25) is 0 Å². The molecule has 0 fully saturated rings. The zero-order valence-electron chi connectivity index (χ0n) is 22.2. The molecule has 2 aliphatic rings. The van der Waals surface area contributed by atoms with Crippen LogP contribution in [-0.4, -0.2) is 33.1 Å². The number of ketones is 1. The van der Waals surface area contributed by atoms with Gasteiger partial charge in [0.15, 0.2) is 17.3 Å². The number of methoxy groups -OCH3 is 1. The van der Waals surface area contributed by atoms with E-state index in [-0.39, 0.29) is 23.8 Å². The Kier molecular flexibility index (Phi) is 6.83. The van der Waals surface area contributed by atoms with Crippen molar-refractivity contribution in [2.45, 2.75) is 44.8 Å². The van der Waals surface area contributed by atoms with E-state index in [1.807, 2.05) is 52.2 Å². The fourth-order valence-corrected chi connectivity index (χ4v) is 5.23. The summed E-state index contributed by atoms with van der Waals surface area (Å²) in [4.78, 5) is 15.9. The number of fused-ring (bicyclic) bond motifs is 1. The first-order valence-electron chi connectivity index (χ1n) is 12.8. The van der Waals surface area contributed by atoms with Crippen molar-refractivity contribution in [2.75, 3.05) is 36.7 Å². The Bertz CT molecular complexity index is 1330. The van der Waals surface area contributed by atoms with Gasteiger partial charge in [0, 0.05) is 37.5 Å². The SMILES string of the molecule is COc1cc(C2CC(=O)C3=C(C2)Nc2ccccc2NC3c2ccc(N(C)C)cc2)ccc1OC(C)C. The Morgan fingerprint density at radius 2 is 1.59 bits per heavy atom. The van der Waals surface area contributed by atoms with Crippen molar-refractivity contribution >= 4 is 22.8 Å². The first-order chi connectivity index (χ1) is 17.8. The molecule has 2 unspecified atom stereocenters. The fraction of sp³-hybridized carbons (Fsp3) is 0.323. The Hall–Kier alpha value is -3.93. The van der Waals surface area contributed by atoms with Crippen LogP contribution in [0.15, 0.2) is 78.0 Å². The minimum absolute atomic E-state index is 0.0442. The van der Waals surface area contributed by atoms with Gasteiger partial charge in [0.25, 0.3) is 0 Å². The monoisotopic (exact) mass is 497 g/mol. The van der Waals surface area contributed by atoms with Crippen molar-refractivity contribution in [1.82, 2.24) is 0 Å². The van der Waals surface area contributed by atoms with Crippen LogP contribution in [0.4, 0.5) is 17.1 Å². The molecule has 0 saturated carbocycles. The second-order valence-electron chi connectivity index (χ2n) is 10.2. The van der Waals surface area contributed by atoms with Gasteiger partial charge in [-0.2, -0.15) is 0 Å². The topological polar surface area (TPSA) is 62.8 Å². The van der Waals surface area contributed by atoms with Gasteiger partial charge >= 0.3 is 0 Å². The molecule has 0 aromatic heterocycles. The lowest BCUT2D eigenvalue weighted by Gasteiger charge is -2.30. The van der Waals surface area contributed by atoms with E-state index in [1.54, 1.807) is 7.11 Å². The van der Waals surface area contributed by atoms with Crippen LogP contribution in [0.5, 0.6) is 11.5 Å². The van der Waals surface area contributed by atoms with E-state index in [0.717, 1.165) is 51.6 Å². The summed E-state index contributed by atoms with van der Waals surface area (Å²) in [6, 6.07) is 22.4. The predicted molar refractivity (Wildman–Crippen MR) is 150 cm³/mol. The Balaban J connectivity index is 1.53. The second-order valence-corrected chi connectivity index (χ2v) is 10.2. The molecule has 1 aliphatic carbocycles. The molecular formula is C31H35N3O3. The molecule has 0 saturated heterocycles. The zero-order chi connectivity index (χ0) is 26.1. The number of ether oxygens (including phenoxy) is 2. The average molecular weight is 498 g/mol. The molecule has 0 bridgehead atoms. The number of Topliss-reactive ketones (excluding diaryl/α,β-unsaturated/α-hetero) is 1. The normalized spacial score (nSPS) is 18.8. The molecule has 0 spiro atoms. The molecule has 3 aromatic carbocycles. The molecular weight excluding hydrogens is 462 g/mol. The lowest BCUT2D eigenvalue weighted by atomic mass is 9.78. The molecule has 37 heavy (non-hydrogen) atoms. The van der Waals surface area contributed by atoms with E-state index in [1.165, 1.54) is 0 Å². The Labute approximate surface area is 219 Å². The third-order valence-corrected chi connectivity index (χ3v) is 7.07. The lowest BCUT2D eigenvalue weighted by molar-refractivity contribution is -0.116. The molecule has 192 valence electrons. The highest BCUT2D eigenvalue weighted by Crippen LogP contribution is 2.45. The third kappa shape index (κ3) is 5.01. The summed E-state index contributed by atoms with van der Waals surface area (Å²) >= 11 is 0. The first kappa shape index (κ1) is 24.8. The smallest absolute Gasteiger partial charge is 0.163 e. The van der Waals surface area contributed by atoms with Crippen LogP contribution >= 0.6 is 0 Å². The van der Waals surface area contributed by atoms with E-state index >= 15 is 0 Å². The van der Waals surface area contributed by atoms with Crippen molar-refractivity contribution in [2.24, 2.45) is 0 Å². The average Bonchev–Trinajstić information content (AvgIpc) is 3.05. The number of carbonyl (C=O) groups excluding carboxylic acids is 1. The highest BCUT2D eigenvalue weighted by atomic mass is 16.5. The van der Waals surface area contributed by atoms with Crippen molar-refractivity contribution < 1.29 is 14.3 Å². The van der Waals surface area contributed by atoms with Crippen molar-refractivity contribution in [3.8, 4) is 11.5 Å². The standard InChI is InChI=1S/C31H35N3O3/c1-19(2)37-28-15-12-21(18-29(28)36-5)22-16-26-30(27(35)17-22)31(20-10-13-23(14-11-20)34(3)4)33-25-9-7-6-8-24(25)32-26/h6-15,18-19,22,31-33H,16-17H2,1-5H3. The number of para-hydroxylation sites is 2. The maximum atomic E-state index is 13.8. The second kappa shape index (κ2) is 10.2. The van der Waals surface area contributed by atoms with E-state index in [9.17, 15) is 4.79 Å². The van der Waals surface area contributed by atoms with Crippen molar-refractivity contribution in [3.63, 3.8) is 0 Å². The minimum atomic E-state index is -0.229. The third-order valence-electron chi connectivity index (χ3n) is 7.07. The summed E-state index contributed by atoms with van der Waals surface area (Å²) in [5.74, 6) is 1.61. The lowest BCUT2D eigenvalue weighted by Crippen LogP contribution is -2.27. The number of hydrogen-bond acceptors (Lipinski definition) is 6. The number of allylic oxidation sites excluding steroid dienone is 1. The van der Waals surface area contributed by atoms with Crippen LogP contribution in [0.1, 0.15) is 49.8 Å². The minimum Gasteiger partial charge on any atom is -0.493 e. The summed E-state index contributed by atoms with van der Waals surface area (Å²) in [7, 11) is 5.71. The summed E-state index contributed by atoms with van der Waals surface area (Å²) in [5.41, 5.74) is 7.03. The maximum absolute atomic E-state index is 13.8. The van der Waals surface area contributed by atoms with Crippen molar-refractivity contribution in [1.29, 1.82) is 0 Å². The molecule has 6 nitrogen and oxygen atoms in total. The highest BCUT2D eigenvalue weighted by Gasteiger charge is 2.36. The molecule has 0 amide bonds. The number of nitrogens with one attached hydrogen (secondary N) is 2. The summed E-state index contributed by atoms with van der Waals surface area (Å²) in [6.07, 6.45) is 1.23. The maximum Gasteiger partial charge on any atom is 0.163 e. The van der Waals surface area contributed by atoms with Crippen LogP contribution < -0.4 is 25.0 Å². The molecule has 1 heterocycles. The number of benzene rings is 3. The largest absolute Gasteiger partial charge is 0.493 e. The van der Waals surface area contributed by atoms with Gasteiger partial charge in [0.05, 0.1) is 30.6 Å². The van der Waals surface area contributed by atoms with Gasteiger partial charge in [-0.15, -0.1) is 0 Å². The summed E-state index contributed by atoms with van der Waals surface area (Å²) < 4.78 is 11.5. The predicted octanol–water partition coefficient (Wildman–Crippen LogP) is 6.53. The van der Waals surface area contributed by atoms with E-state index in [4.69, 9.17) is 9.47 Å². The number of carbonyl (C=O) groups is 1. The van der Waals surface area contributed by atoms with Gasteiger partial charge in [0.1, 0.15) is 0 Å². The van der Waals surface area contributed by atoms with Gasteiger partial charge in [-0.05, 0) is 73.7 Å². The van der Waals surface area contributed by atoms with Crippen LogP contribution in [0, 0.1) is 0 Å². The number of rotatable bonds is 6. The fourth-order valence-electron chi connectivity index (χ4n) is 5.23. The number of anilines is 3. The van der Waals surface area contributed by atoms with E-state index in [0.29, 0.717) is 12.2 Å². The van der Waals surface area contributed by atoms with Crippen LogP contribution in [0.3, 0.4) is 0 Å². The Morgan fingerprint density at radius 1 is 0.892 bits per heavy atom. The zero-order valence-corrected chi connectivity index (χ0v) is 22.2. The van der Waals surface area contributed by atoms with Gasteiger partial charge < -0.3 is 25.0 Å². The van der Waals surface area contributed by atoms with Gasteiger partial charge in [-0.25, -0.2) is 0 Å². The van der Waals surface area contributed by atoms with Crippen LogP contribution in [0.25, 0.3) is 0 Å². The highest BCUT2D eigenvalue weighted by molar-refractivity contribution is 6.01. The molecule has 2 N–H and O–H groups in total. The van der Waals surface area contributed by atoms with Gasteiger partial charge in [0.2, 0.25) is 0 Å². The van der Waals surface area contributed by atoms with E-state index in [2.05, 4.69) is 58.0 Å². The Morgan fingerprint density at radius 3 is 2.27 bits per heavy atom. The molecule has 5 rings (SSSR count). The first-order valence-corrected chi connectivity index (χ1v) is 12.8. The molecule has 1 aliphatic heterocycles. The summed E-state index contributed by atoms with van der Waals surface area (Å²) in [6.45, 7) is 3.99. The molecule has 6 heteroatoms. The van der Waals surface area contributed by atoms with Gasteiger partial charge in [-0.3, -0.25) is 4.79 Å². The van der Waals surface area contributed by atoms with Crippen LogP contribution in [-0.2, 0) is 4.79 Å². The van der Waals surface area contributed by atoms with E-state index < -0.39 is 0 Å².